The third-order valence-electron chi connectivity index (χ3n) is 5.81. The molecule has 0 N–H and O–H groups in total. The number of carbonyl (C=O) groups excluding carboxylic acids is 2. The highest BCUT2D eigenvalue weighted by Crippen LogP contribution is 2.26. The number of fused-ring (bicyclic) bond motifs is 1. The Labute approximate surface area is 206 Å². The van der Waals surface area contributed by atoms with Gasteiger partial charge in [-0.3, -0.25) is 19.0 Å². The fourth-order valence-corrected chi connectivity index (χ4v) is 4.03. The summed E-state index contributed by atoms with van der Waals surface area (Å²) in [6, 6.07) is 15.3. The van der Waals surface area contributed by atoms with E-state index in [1.54, 1.807) is 56.3 Å². The molecule has 0 radical (unpaired) electrons. The lowest BCUT2D eigenvalue weighted by Gasteiger charge is -2.30. The summed E-state index contributed by atoms with van der Waals surface area (Å²) in [5.74, 6) is -0.763. The Morgan fingerprint density at radius 3 is 2.56 bits per heavy atom. The zero-order valence-corrected chi connectivity index (χ0v) is 20.0. The molecule has 2 aromatic heterocycles. The van der Waals surface area contributed by atoms with E-state index in [0.717, 1.165) is 0 Å². The summed E-state index contributed by atoms with van der Waals surface area (Å²) in [6.45, 7) is 3.68. The van der Waals surface area contributed by atoms with Gasteiger partial charge in [0.05, 0.1) is 48.5 Å². The number of furan rings is 1. The van der Waals surface area contributed by atoms with Gasteiger partial charge in [0.1, 0.15) is 17.4 Å². The third kappa shape index (κ3) is 5.19. The van der Waals surface area contributed by atoms with Crippen LogP contribution >= 0.6 is 0 Å². The number of ether oxygens (including phenoxy) is 1. The van der Waals surface area contributed by atoms with Gasteiger partial charge in [0.15, 0.2) is 0 Å². The van der Waals surface area contributed by atoms with E-state index >= 15 is 0 Å². The normalized spacial score (nSPS) is 11.9. The third-order valence-corrected chi connectivity index (χ3v) is 5.81. The maximum absolute atomic E-state index is 14.9. The largest absolute Gasteiger partial charge is 0.467 e. The van der Waals surface area contributed by atoms with E-state index in [4.69, 9.17) is 14.1 Å². The fraction of sp³-hybridized carbons (Fsp3) is 0.259. The number of nitrogens with zero attached hydrogens (tertiary/aromatic N) is 3. The van der Waals surface area contributed by atoms with Crippen LogP contribution in [0.4, 0.5) is 4.39 Å². The van der Waals surface area contributed by atoms with Gasteiger partial charge in [-0.25, -0.2) is 9.37 Å². The number of hydrogen-bond donors (Lipinski definition) is 0. The van der Waals surface area contributed by atoms with Crippen LogP contribution in [0, 0.1) is 5.82 Å². The summed E-state index contributed by atoms with van der Waals surface area (Å²) in [5, 5.41) is 0.322. The van der Waals surface area contributed by atoms with E-state index in [9.17, 15) is 18.8 Å². The van der Waals surface area contributed by atoms with Crippen LogP contribution in [-0.4, -0.2) is 32.9 Å². The summed E-state index contributed by atoms with van der Waals surface area (Å²) in [7, 11) is 0. The first kappa shape index (κ1) is 24.8. The Morgan fingerprint density at radius 1 is 1.08 bits per heavy atom. The molecular weight excluding hydrogens is 465 g/mol. The number of aromatic nitrogens is 2. The van der Waals surface area contributed by atoms with Gasteiger partial charge in [-0.1, -0.05) is 24.3 Å². The van der Waals surface area contributed by atoms with Crippen LogP contribution in [0.5, 0.6) is 0 Å². The van der Waals surface area contributed by atoms with Crippen molar-refractivity contribution in [2.45, 2.75) is 39.3 Å². The Hall–Kier alpha value is -4.27. The lowest BCUT2D eigenvalue weighted by Crippen LogP contribution is -2.37. The van der Waals surface area contributed by atoms with Crippen molar-refractivity contribution in [1.82, 2.24) is 14.5 Å². The molecule has 0 saturated carbocycles. The highest BCUT2D eigenvalue weighted by atomic mass is 19.1. The monoisotopic (exact) mass is 491 g/mol. The lowest BCUT2D eigenvalue weighted by molar-refractivity contribution is -0.146. The predicted molar refractivity (Wildman–Crippen MR) is 131 cm³/mol. The quantitative estimate of drug-likeness (QED) is 0.319. The van der Waals surface area contributed by atoms with Crippen LogP contribution < -0.4 is 5.56 Å². The zero-order valence-electron chi connectivity index (χ0n) is 20.0. The van der Waals surface area contributed by atoms with Crippen molar-refractivity contribution in [2.24, 2.45) is 0 Å². The van der Waals surface area contributed by atoms with E-state index in [1.165, 1.54) is 33.9 Å². The molecule has 2 aromatic carbocycles. The van der Waals surface area contributed by atoms with Crippen molar-refractivity contribution in [3.8, 4) is 5.69 Å². The second-order valence-corrected chi connectivity index (χ2v) is 8.16. The maximum atomic E-state index is 14.9. The molecule has 8 nitrogen and oxygen atoms in total. The van der Waals surface area contributed by atoms with Crippen LogP contribution in [0.3, 0.4) is 0 Å². The van der Waals surface area contributed by atoms with Crippen molar-refractivity contribution in [2.75, 3.05) is 6.61 Å². The molecule has 2 heterocycles. The summed E-state index contributed by atoms with van der Waals surface area (Å²) >= 11 is 0. The molecule has 1 amide bonds. The topological polar surface area (TPSA) is 94.6 Å². The number of halogens is 1. The molecule has 4 rings (SSSR count). The van der Waals surface area contributed by atoms with Gasteiger partial charge in [0.25, 0.3) is 5.56 Å². The molecule has 0 aliphatic heterocycles. The summed E-state index contributed by atoms with van der Waals surface area (Å²) in [5.41, 5.74) is -0.00199. The highest BCUT2D eigenvalue weighted by Gasteiger charge is 2.28. The molecule has 1 unspecified atom stereocenters. The number of esters is 1. The fourth-order valence-electron chi connectivity index (χ4n) is 4.03. The van der Waals surface area contributed by atoms with Crippen LogP contribution in [0.25, 0.3) is 16.6 Å². The SMILES string of the molecule is CCOC(=O)CCC(=O)N(Cc1ccco1)C(C)c1nc2ccccc2c(=O)n1-c1ccccc1F. The molecule has 0 aliphatic carbocycles. The van der Waals surface area contributed by atoms with Crippen LogP contribution in [-0.2, 0) is 20.9 Å². The van der Waals surface area contributed by atoms with Gasteiger partial charge in [-0.05, 0) is 50.2 Å². The number of hydrogen-bond acceptors (Lipinski definition) is 6. The van der Waals surface area contributed by atoms with Gasteiger partial charge in [-0.2, -0.15) is 0 Å². The van der Waals surface area contributed by atoms with E-state index in [0.29, 0.717) is 16.7 Å². The average Bonchev–Trinajstić information content (AvgIpc) is 3.40. The summed E-state index contributed by atoms with van der Waals surface area (Å²) in [4.78, 5) is 45.0. The van der Waals surface area contributed by atoms with Crippen molar-refractivity contribution in [1.29, 1.82) is 0 Å². The average molecular weight is 492 g/mol. The van der Waals surface area contributed by atoms with Crippen molar-refractivity contribution >= 4 is 22.8 Å². The highest BCUT2D eigenvalue weighted by molar-refractivity contribution is 5.82. The van der Waals surface area contributed by atoms with Crippen molar-refractivity contribution in [3.63, 3.8) is 0 Å². The maximum Gasteiger partial charge on any atom is 0.306 e. The zero-order chi connectivity index (χ0) is 25.7. The Bertz CT molecular complexity index is 1430. The van der Waals surface area contributed by atoms with Gasteiger partial charge in [0.2, 0.25) is 5.91 Å². The second kappa shape index (κ2) is 11.0. The van der Waals surface area contributed by atoms with E-state index < -0.39 is 23.4 Å². The van der Waals surface area contributed by atoms with Crippen molar-refractivity contribution in [3.05, 3.63) is 94.7 Å². The Kier molecular flexibility index (Phi) is 7.58. The van der Waals surface area contributed by atoms with Crippen molar-refractivity contribution < 1.29 is 23.1 Å². The number of benzene rings is 2. The van der Waals surface area contributed by atoms with Gasteiger partial charge >= 0.3 is 5.97 Å². The minimum absolute atomic E-state index is 0.0273. The first-order valence-electron chi connectivity index (χ1n) is 11.6. The van der Waals surface area contributed by atoms with Crippen LogP contribution in [0.15, 0.2) is 76.1 Å². The minimum atomic E-state index is -0.776. The molecule has 4 aromatic rings. The lowest BCUT2D eigenvalue weighted by atomic mass is 10.1. The molecule has 0 bridgehead atoms. The van der Waals surface area contributed by atoms with Gasteiger partial charge < -0.3 is 14.1 Å². The first-order valence-corrected chi connectivity index (χ1v) is 11.6. The Balaban J connectivity index is 1.82. The number of para-hydroxylation sites is 2. The number of rotatable bonds is 9. The van der Waals surface area contributed by atoms with Gasteiger partial charge in [-0.15, -0.1) is 0 Å². The second-order valence-electron chi connectivity index (χ2n) is 8.16. The van der Waals surface area contributed by atoms with Gasteiger partial charge in [0, 0.05) is 6.42 Å². The standard InChI is InChI=1S/C27H26FN3O5/c1-3-35-25(33)15-14-24(32)30(17-19-9-8-16-36-19)18(2)26-29-22-12-6-4-10-20(22)27(34)31(26)23-13-7-5-11-21(23)28/h4-13,16,18H,3,14-15,17H2,1-2H3. The van der Waals surface area contributed by atoms with Crippen LogP contribution in [0.1, 0.15) is 44.3 Å². The smallest absolute Gasteiger partial charge is 0.306 e. The number of carbonyl (C=O) groups is 2. The van der Waals surface area contributed by atoms with E-state index in [1.807, 2.05) is 0 Å². The molecule has 0 fully saturated rings. The Morgan fingerprint density at radius 2 is 1.83 bits per heavy atom. The molecular formula is C27H26FN3O5. The first-order chi connectivity index (χ1) is 17.4. The minimum Gasteiger partial charge on any atom is -0.467 e. The number of amides is 1. The molecule has 0 aliphatic rings. The van der Waals surface area contributed by atoms with E-state index in [2.05, 4.69) is 0 Å². The summed E-state index contributed by atoms with van der Waals surface area (Å²) < 4.78 is 26.5. The van der Waals surface area contributed by atoms with E-state index in [-0.39, 0.29) is 43.4 Å². The molecule has 0 saturated heterocycles. The van der Waals surface area contributed by atoms with Crippen LogP contribution in [0.2, 0.25) is 0 Å². The molecule has 9 heteroatoms. The summed E-state index contributed by atoms with van der Waals surface area (Å²) in [6.07, 6.45) is 1.28. The molecule has 0 spiro atoms. The molecule has 186 valence electrons. The molecule has 36 heavy (non-hydrogen) atoms. The predicted octanol–water partition coefficient (Wildman–Crippen LogP) is 4.55. The molecule has 1 atom stereocenters.